The van der Waals surface area contributed by atoms with Crippen molar-refractivity contribution in [1.82, 2.24) is 14.9 Å². The molecule has 2 aliphatic rings. The highest BCUT2D eigenvalue weighted by molar-refractivity contribution is 6.00. The number of allylic oxidation sites excluding steroid dienone is 2. The van der Waals surface area contributed by atoms with Gasteiger partial charge in [-0.1, -0.05) is 24.3 Å². The molecule has 8 nitrogen and oxygen atoms in total. The number of H-pyrrole nitrogens is 1. The van der Waals surface area contributed by atoms with Crippen LogP contribution in [0.5, 0.6) is 0 Å². The SMILES string of the molecule is NC(=O)c1c(C2=CCCCC2)cccc1C1CCN(C(=O)Cc2c[nH]cn2)CC1.O=C(O)C(F)(F)F. The van der Waals surface area contributed by atoms with Crippen LogP contribution in [0.2, 0.25) is 0 Å². The Morgan fingerprint density at radius 1 is 1.17 bits per heavy atom. The zero-order valence-electron chi connectivity index (χ0n) is 19.7. The minimum atomic E-state index is -5.08. The summed E-state index contributed by atoms with van der Waals surface area (Å²) in [5.41, 5.74) is 10.6. The van der Waals surface area contributed by atoms with Gasteiger partial charge in [-0.05, 0) is 61.1 Å². The van der Waals surface area contributed by atoms with Crippen molar-refractivity contribution in [1.29, 1.82) is 0 Å². The zero-order valence-corrected chi connectivity index (χ0v) is 19.7. The van der Waals surface area contributed by atoms with E-state index in [-0.39, 0.29) is 17.7 Å². The monoisotopic (exact) mass is 506 g/mol. The van der Waals surface area contributed by atoms with E-state index in [1.54, 1.807) is 12.5 Å². The standard InChI is InChI=1S/C23H28N4O2.C2HF3O2/c24-23(29)22-19(16-5-2-1-3-6-16)7-4-8-20(22)17-9-11-27(12-10-17)21(28)13-18-14-25-15-26-18;3-2(4,5)1(6)7/h4-5,7-8,14-15,17H,1-3,6,9-13H2,(H2,24,29)(H,25,26);(H,6,7). The van der Waals surface area contributed by atoms with Crippen LogP contribution in [0.15, 0.2) is 36.8 Å². The molecule has 2 amide bonds. The number of likely N-dealkylation sites (tertiary alicyclic amines) is 1. The summed E-state index contributed by atoms with van der Waals surface area (Å²) in [7, 11) is 0. The van der Waals surface area contributed by atoms with E-state index < -0.39 is 12.1 Å². The second-order valence-corrected chi connectivity index (χ2v) is 8.80. The Labute approximate surface area is 206 Å². The molecule has 36 heavy (non-hydrogen) atoms. The number of imidazole rings is 1. The number of carboxylic acid groups (broad SMARTS) is 1. The topological polar surface area (TPSA) is 129 Å². The molecule has 4 rings (SSSR count). The number of nitrogens with two attached hydrogens (primary N) is 1. The maximum atomic E-state index is 12.5. The molecular weight excluding hydrogens is 477 g/mol. The van der Waals surface area contributed by atoms with Gasteiger partial charge in [0, 0.05) is 19.3 Å². The van der Waals surface area contributed by atoms with Crippen LogP contribution in [0, 0.1) is 0 Å². The third-order valence-corrected chi connectivity index (χ3v) is 6.40. The number of hydrogen-bond donors (Lipinski definition) is 3. The van der Waals surface area contributed by atoms with Crippen LogP contribution in [0.25, 0.3) is 5.57 Å². The summed E-state index contributed by atoms with van der Waals surface area (Å²) in [6, 6.07) is 6.11. The lowest BCUT2D eigenvalue weighted by Crippen LogP contribution is -2.39. The molecule has 0 atom stereocenters. The summed E-state index contributed by atoms with van der Waals surface area (Å²) in [6.45, 7) is 1.39. The number of carboxylic acids is 1. The number of nitrogens with one attached hydrogen (secondary N) is 1. The first kappa shape index (κ1) is 27.0. The van der Waals surface area contributed by atoms with Crippen molar-refractivity contribution in [2.75, 3.05) is 13.1 Å². The van der Waals surface area contributed by atoms with Crippen LogP contribution in [-0.2, 0) is 16.0 Å². The predicted octanol–water partition coefficient (Wildman–Crippen LogP) is 4.05. The fourth-order valence-corrected chi connectivity index (χ4v) is 4.63. The van der Waals surface area contributed by atoms with Gasteiger partial charge in [0.2, 0.25) is 11.8 Å². The van der Waals surface area contributed by atoms with Crippen LogP contribution < -0.4 is 5.73 Å². The van der Waals surface area contributed by atoms with Crippen LogP contribution in [0.3, 0.4) is 0 Å². The fraction of sp³-hybridized carbons (Fsp3) is 0.440. The van der Waals surface area contributed by atoms with E-state index in [1.807, 2.05) is 23.1 Å². The van der Waals surface area contributed by atoms with Gasteiger partial charge in [0.15, 0.2) is 0 Å². The van der Waals surface area contributed by atoms with Crippen LogP contribution in [0.4, 0.5) is 13.2 Å². The largest absolute Gasteiger partial charge is 0.490 e. The van der Waals surface area contributed by atoms with Crippen molar-refractivity contribution in [2.45, 2.75) is 57.0 Å². The number of primary amides is 1. The highest BCUT2D eigenvalue weighted by Gasteiger charge is 2.38. The molecular formula is C25H29F3N4O4. The van der Waals surface area contributed by atoms with Gasteiger partial charge in [0.1, 0.15) is 0 Å². The normalized spacial score (nSPS) is 16.5. The summed E-state index contributed by atoms with van der Waals surface area (Å²) in [5, 5.41) is 7.12. The number of carbonyl (C=O) groups excluding carboxylic acids is 2. The molecule has 2 heterocycles. The molecule has 1 aromatic heterocycles. The number of carbonyl (C=O) groups is 3. The second kappa shape index (κ2) is 11.9. The molecule has 0 unspecified atom stereocenters. The van der Waals surface area contributed by atoms with E-state index in [0.717, 1.165) is 48.9 Å². The second-order valence-electron chi connectivity index (χ2n) is 8.80. The van der Waals surface area contributed by atoms with Gasteiger partial charge in [-0.25, -0.2) is 9.78 Å². The molecule has 1 aliphatic heterocycles. The van der Waals surface area contributed by atoms with Gasteiger partial charge in [-0.2, -0.15) is 13.2 Å². The quantitative estimate of drug-likeness (QED) is 0.564. The lowest BCUT2D eigenvalue weighted by atomic mass is 9.81. The Morgan fingerprint density at radius 3 is 2.39 bits per heavy atom. The molecule has 1 aromatic carbocycles. The third-order valence-electron chi connectivity index (χ3n) is 6.40. The Kier molecular flexibility index (Phi) is 8.89. The van der Waals surface area contributed by atoms with Gasteiger partial charge >= 0.3 is 12.1 Å². The van der Waals surface area contributed by atoms with Gasteiger partial charge in [0.25, 0.3) is 0 Å². The predicted molar refractivity (Wildman–Crippen MR) is 126 cm³/mol. The number of nitrogens with zero attached hydrogens (tertiary/aromatic N) is 2. The third kappa shape index (κ3) is 6.96. The van der Waals surface area contributed by atoms with E-state index in [2.05, 4.69) is 16.0 Å². The minimum Gasteiger partial charge on any atom is -0.475 e. The van der Waals surface area contributed by atoms with Gasteiger partial charge in [0.05, 0.1) is 24.0 Å². The average Bonchev–Trinajstić information content (AvgIpc) is 3.37. The molecule has 11 heteroatoms. The molecule has 2 aromatic rings. The first-order chi connectivity index (χ1) is 17.1. The molecule has 194 valence electrons. The number of rotatable bonds is 5. The number of benzene rings is 1. The lowest BCUT2D eigenvalue weighted by molar-refractivity contribution is -0.192. The number of halogens is 3. The minimum absolute atomic E-state index is 0.104. The molecule has 1 saturated heterocycles. The van der Waals surface area contributed by atoms with Gasteiger partial charge < -0.3 is 20.7 Å². The van der Waals surface area contributed by atoms with Gasteiger partial charge in [-0.15, -0.1) is 0 Å². The number of aromatic nitrogens is 2. The molecule has 0 spiro atoms. The van der Waals surface area contributed by atoms with Crippen LogP contribution >= 0.6 is 0 Å². The van der Waals surface area contributed by atoms with Crippen molar-refractivity contribution in [3.8, 4) is 0 Å². The fourth-order valence-electron chi connectivity index (χ4n) is 4.63. The Balaban J connectivity index is 0.000000454. The van der Waals surface area contributed by atoms with Crippen LogP contribution in [0.1, 0.15) is 71.6 Å². The van der Waals surface area contributed by atoms with E-state index in [0.29, 0.717) is 25.1 Å². The van der Waals surface area contributed by atoms with E-state index in [1.165, 1.54) is 12.0 Å². The van der Waals surface area contributed by atoms with E-state index >= 15 is 0 Å². The Morgan fingerprint density at radius 2 is 1.86 bits per heavy atom. The number of hydrogen-bond acceptors (Lipinski definition) is 4. The molecule has 1 aliphatic carbocycles. The molecule has 4 N–H and O–H groups in total. The number of alkyl halides is 3. The molecule has 0 radical (unpaired) electrons. The van der Waals surface area contributed by atoms with Crippen molar-refractivity contribution in [2.24, 2.45) is 5.73 Å². The van der Waals surface area contributed by atoms with Crippen molar-refractivity contribution >= 4 is 23.4 Å². The Hall–Kier alpha value is -3.63. The van der Waals surface area contributed by atoms with E-state index in [4.69, 9.17) is 15.6 Å². The van der Waals surface area contributed by atoms with E-state index in [9.17, 15) is 22.8 Å². The summed E-state index contributed by atoms with van der Waals surface area (Å²) in [4.78, 5) is 42.8. The van der Waals surface area contributed by atoms with Crippen molar-refractivity contribution in [3.05, 3.63) is 59.2 Å². The molecule has 0 saturated carbocycles. The first-order valence-electron chi connectivity index (χ1n) is 11.8. The van der Waals surface area contributed by atoms with Crippen LogP contribution in [-0.4, -0.2) is 57.0 Å². The van der Waals surface area contributed by atoms with Gasteiger partial charge in [-0.3, -0.25) is 9.59 Å². The Bertz CT molecular complexity index is 1110. The first-order valence-corrected chi connectivity index (χ1v) is 11.8. The highest BCUT2D eigenvalue weighted by Crippen LogP contribution is 2.36. The summed E-state index contributed by atoms with van der Waals surface area (Å²) < 4.78 is 31.7. The highest BCUT2D eigenvalue weighted by atomic mass is 19.4. The number of amides is 2. The lowest BCUT2D eigenvalue weighted by Gasteiger charge is -2.33. The zero-order chi connectivity index (χ0) is 26.3. The van der Waals surface area contributed by atoms with Crippen molar-refractivity contribution in [3.63, 3.8) is 0 Å². The maximum Gasteiger partial charge on any atom is 0.490 e. The number of piperidine rings is 1. The number of aromatic amines is 1. The molecule has 0 bridgehead atoms. The summed E-state index contributed by atoms with van der Waals surface area (Å²) in [6.07, 6.45) is 6.97. The summed E-state index contributed by atoms with van der Waals surface area (Å²) >= 11 is 0. The smallest absolute Gasteiger partial charge is 0.475 e. The maximum absolute atomic E-state index is 12.5. The average molecular weight is 507 g/mol. The van der Waals surface area contributed by atoms with Crippen molar-refractivity contribution < 1.29 is 32.7 Å². The summed E-state index contributed by atoms with van der Waals surface area (Å²) in [5.74, 6) is -2.76. The molecule has 1 fully saturated rings. The number of aliphatic carboxylic acids is 1.